The third kappa shape index (κ3) is 2.33. The van der Waals surface area contributed by atoms with Gasteiger partial charge in [-0.15, -0.1) is 10.2 Å². The van der Waals surface area contributed by atoms with Crippen molar-refractivity contribution in [3.63, 3.8) is 0 Å². The summed E-state index contributed by atoms with van der Waals surface area (Å²) in [5.41, 5.74) is 6.53. The van der Waals surface area contributed by atoms with Gasteiger partial charge < -0.3 is 11.1 Å². The molecule has 0 saturated heterocycles. The van der Waals surface area contributed by atoms with E-state index in [4.69, 9.17) is 5.73 Å². The molecular weight excluding hydrogens is 230 g/mol. The van der Waals surface area contributed by atoms with Gasteiger partial charge in [-0.05, 0) is 25.1 Å². The number of nitrogens with zero attached hydrogens (tertiary/aromatic N) is 3. The Morgan fingerprint density at radius 1 is 1.50 bits per heavy atom. The van der Waals surface area contributed by atoms with Gasteiger partial charge in [0, 0.05) is 19.2 Å². The van der Waals surface area contributed by atoms with E-state index in [1.807, 2.05) is 23.6 Å². The minimum Gasteiger partial charge on any atom is -0.352 e. The molecule has 0 aromatic carbocycles. The van der Waals surface area contributed by atoms with Gasteiger partial charge in [0.15, 0.2) is 5.65 Å². The van der Waals surface area contributed by atoms with Crippen LogP contribution in [0.2, 0.25) is 0 Å². The van der Waals surface area contributed by atoms with E-state index in [9.17, 15) is 4.79 Å². The van der Waals surface area contributed by atoms with Crippen LogP contribution < -0.4 is 11.1 Å². The number of carbonyl (C=O) groups excluding carboxylic acids is 1. The number of carbonyl (C=O) groups is 1. The molecule has 2 heterocycles. The van der Waals surface area contributed by atoms with Crippen LogP contribution in [0, 0.1) is 0 Å². The third-order valence-electron chi connectivity index (χ3n) is 2.73. The van der Waals surface area contributed by atoms with E-state index in [-0.39, 0.29) is 5.91 Å². The molecule has 96 valence electrons. The normalized spacial score (nSPS) is 10.8. The van der Waals surface area contributed by atoms with Crippen molar-refractivity contribution in [2.75, 3.05) is 13.1 Å². The van der Waals surface area contributed by atoms with Gasteiger partial charge in [-0.1, -0.05) is 6.92 Å². The van der Waals surface area contributed by atoms with Gasteiger partial charge in [-0.25, -0.2) is 0 Å². The quantitative estimate of drug-likeness (QED) is 0.747. The number of aromatic nitrogens is 3. The highest BCUT2D eigenvalue weighted by molar-refractivity contribution is 5.99. The predicted octanol–water partition coefficient (Wildman–Crippen LogP) is 0.370. The van der Waals surface area contributed by atoms with Gasteiger partial charge >= 0.3 is 0 Å². The highest BCUT2D eigenvalue weighted by Crippen LogP contribution is 2.10. The van der Waals surface area contributed by atoms with Crippen LogP contribution in [0.4, 0.5) is 0 Å². The van der Waals surface area contributed by atoms with E-state index in [1.165, 1.54) is 0 Å². The monoisotopic (exact) mass is 247 g/mol. The zero-order valence-corrected chi connectivity index (χ0v) is 10.4. The maximum absolute atomic E-state index is 12.0. The molecule has 3 N–H and O–H groups in total. The zero-order valence-electron chi connectivity index (χ0n) is 10.4. The Kier molecular flexibility index (Phi) is 3.88. The van der Waals surface area contributed by atoms with Crippen molar-refractivity contribution in [1.82, 2.24) is 19.9 Å². The number of hydrogen-bond acceptors (Lipinski definition) is 4. The van der Waals surface area contributed by atoms with Crippen LogP contribution in [0.1, 0.15) is 29.5 Å². The van der Waals surface area contributed by atoms with Crippen molar-refractivity contribution in [2.45, 2.75) is 19.8 Å². The number of fused-ring (bicyclic) bond motifs is 1. The molecule has 2 rings (SSSR count). The summed E-state index contributed by atoms with van der Waals surface area (Å²) < 4.78 is 1.85. The molecule has 0 aliphatic rings. The smallest absolute Gasteiger partial charge is 0.255 e. The van der Waals surface area contributed by atoms with Crippen molar-refractivity contribution in [1.29, 1.82) is 0 Å². The largest absolute Gasteiger partial charge is 0.352 e. The van der Waals surface area contributed by atoms with Gasteiger partial charge in [0.1, 0.15) is 5.82 Å². The molecule has 2 aromatic rings. The van der Waals surface area contributed by atoms with E-state index in [0.717, 1.165) is 18.7 Å². The molecule has 1 amide bonds. The number of aryl methyl sites for hydroxylation is 1. The van der Waals surface area contributed by atoms with Gasteiger partial charge in [0.25, 0.3) is 5.91 Å². The van der Waals surface area contributed by atoms with Crippen LogP contribution in [0.5, 0.6) is 0 Å². The molecule has 0 atom stereocenters. The Hall–Kier alpha value is -1.95. The van der Waals surface area contributed by atoms with Gasteiger partial charge in [-0.2, -0.15) is 0 Å². The zero-order chi connectivity index (χ0) is 13.0. The summed E-state index contributed by atoms with van der Waals surface area (Å²) in [5, 5.41) is 11.0. The lowest BCUT2D eigenvalue weighted by Gasteiger charge is -2.05. The van der Waals surface area contributed by atoms with Crippen LogP contribution in [0.3, 0.4) is 0 Å². The van der Waals surface area contributed by atoms with Crippen LogP contribution in [0.15, 0.2) is 18.3 Å². The lowest BCUT2D eigenvalue weighted by molar-refractivity contribution is 0.0954. The number of hydrogen-bond donors (Lipinski definition) is 2. The summed E-state index contributed by atoms with van der Waals surface area (Å²) in [5.74, 6) is 0.714. The molecule has 0 radical (unpaired) electrons. The summed E-state index contributed by atoms with van der Waals surface area (Å²) >= 11 is 0. The fraction of sp³-hybridized carbons (Fsp3) is 0.417. The Morgan fingerprint density at radius 3 is 3.06 bits per heavy atom. The minimum atomic E-state index is -0.135. The molecule has 0 spiro atoms. The number of nitrogens with one attached hydrogen (secondary N) is 1. The highest BCUT2D eigenvalue weighted by Gasteiger charge is 2.13. The summed E-state index contributed by atoms with van der Waals surface area (Å²) in [6.07, 6.45) is 3.41. The summed E-state index contributed by atoms with van der Waals surface area (Å²) in [7, 11) is 0. The van der Waals surface area contributed by atoms with Crippen molar-refractivity contribution >= 4 is 11.6 Å². The predicted molar refractivity (Wildman–Crippen MR) is 68.4 cm³/mol. The first-order chi connectivity index (χ1) is 8.77. The molecule has 18 heavy (non-hydrogen) atoms. The lowest BCUT2D eigenvalue weighted by Crippen LogP contribution is -2.26. The average molecular weight is 247 g/mol. The van der Waals surface area contributed by atoms with Gasteiger partial charge in [-0.3, -0.25) is 9.20 Å². The minimum absolute atomic E-state index is 0.135. The lowest BCUT2D eigenvalue weighted by atomic mass is 10.2. The van der Waals surface area contributed by atoms with Crippen LogP contribution in [0.25, 0.3) is 5.65 Å². The van der Waals surface area contributed by atoms with Crippen molar-refractivity contribution in [2.24, 2.45) is 5.73 Å². The first kappa shape index (κ1) is 12.5. The maximum Gasteiger partial charge on any atom is 0.255 e. The Bertz CT molecular complexity index is 548. The summed E-state index contributed by atoms with van der Waals surface area (Å²) in [6.45, 7) is 3.14. The molecule has 0 bridgehead atoms. The van der Waals surface area contributed by atoms with E-state index in [1.54, 1.807) is 6.07 Å². The molecule has 2 aromatic heterocycles. The van der Waals surface area contributed by atoms with E-state index in [0.29, 0.717) is 24.3 Å². The van der Waals surface area contributed by atoms with E-state index >= 15 is 0 Å². The topological polar surface area (TPSA) is 85.3 Å². The Balaban J connectivity index is 2.27. The van der Waals surface area contributed by atoms with E-state index < -0.39 is 0 Å². The third-order valence-corrected chi connectivity index (χ3v) is 2.73. The van der Waals surface area contributed by atoms with Crippen LogP contribution >= 0.6 is 0 Å². The second kappa shape index (κ2) is 5.59. The standard InChI is InChI=1S/C12H17N5O/c1-2-10-15-16-11-9(5-3-8-17(10)11)12(18)14-7-4-6-13/h3,5,8H,2,4,6-7,13H2,1H3,(H,14,18). The maximum atomic E-state index is 12.0. The SMILES string of the molecule is CCc1nnc2c(C(=O)NCCCN)cccn12. The van der Waals surface area contributed by atoms with Gasteiger partial charge in [0.2, 0.25) is 0 Å². The Morgan fingerprint density at radius 2 is 2.33 bits per heavy atom. The van der Waals surface area contributed by atoms with Crippen molar-refractivity contribution in [3.05, 3.63) is 29.7 Å². The summed E-state index contributed by atoms with van der Waals surface area (Å²) in [6, 6.07) is 3.58. The number of rotatable bonds is 5. The summed E-state index contributed by atoms with van der Waals surface area (Å²) in [4.78, 5) is 12.0. The molecule has 0 fully saturated rings. The molecule has 0 unspecified atom stereocenters. The first-order valence-electron chi connectivity index (χ1n) is 6.08. The number of pyridine rings is 1. The molecule has 0 saturated carbocycles. The molecule has 6 nitrogen and oxygen atoms in total. The van der Waals surface area contributed by atoms with E-state index in [2.05, 4.69) is 15.5 Å². The second-order valence-electron chi connectivity index (χ2n) is 3.98. The van der Waals surface area contributed by atoms with Crippen molar-refractivity contribution < 1.29 is 4.79 Å². The first-order valence-corrected chi connectivity index (χ1v) is 6.08. The second-order valence-corrected chi connectivity index (χ2v) is 3.98. The number of nitrogens with two attached hydrogens (primary N) is 1. The molecule has 0 aliphatic carbocycles. The number of amides is 1. The average Bonchev–Trinajstić information content (AvgIpc) is 2.81. The molecule has 0 aliphatic heterocycles. The fourth-order valence-corrected chi connectivity index (χ4v) is 1.78. The Labute approximate surface area is 105 Å². The highest BCUT2D eigenvalue weighted by atomic mass is 16.1. The van der Waals surface area contributed by atoms with Crippen molar-refractivity contribution in [3.8, 4) is 0 Å². The fourth-order valence-electron chi connectivity index (χ4n) is 1.78. The van der Waals surface area contributed by atoms with Crippen LogP contribution in [-0.2, 0) is 6.42 Å². The van der Waals surface area contributed by atoms with Gasteiger partial charge in [0.05, 0.1) is 5.56 Å². The molecule has 6 heteroatoms. The molecular formula is C12H17N5O. The van der Waals surface area contributed by atoms with Crippen LogP contribution in [-0.4, -0.2) is 33.6 Å².